The number of hydrogen-bond acceptors (Lipinski definition) is 5. The topological polar surface area (TPSA) is 78.0 Å². The fourth-order valence-corrected chi connectivity index (χ4v) is 2.01. The number of aromatic nitrogens is 3. The van der Waals surface area contributed by atoms with E-state index in [4.69, 9.17) is 5.26 Å². The van der Waals surface area contributed by atoms with Crippen LogP contribution in [-0.2, 0) is 17.9 Å². The van der Waals surface area contributed by atoms with Crippen molar-refractivity contribution in [2.45, 2.75) is 20.0 Å². The highest BCUT2D eigenvalue weighted by Gasteiger charge is 2.19. The molecular weight excluding hydrogens is 232 g/mol. The second-order valence-electron chi connectivity index (χ2n) is 4.35. The van der Waals surface area contributed by atoms with Gasteiger partial charge < -0.3 is 4.90 Å². The Balaban J connectivity index is 1.84. The lowest BCUT2D eigenvalue weighted by Crippen LogP contribution is -2.47. The van der Waals surface area contributed by atoms with Crippen LogP contribution in [0.25, 0.3) is 0 Å². The van der Waals surface area contributed by atoms with E-state index >= 15 is 0 Å². The highest BCUT2D eigenvalue weighted by Crippen LogP contribution is 2.06. The van der Waals surface area contributed by atoms with Gasteiger partial charge in [0.25, 0.3) is 0 Å². The van der Waals surface area contributed by atoms with Crippen molar-refractivity contribution in [1.82, 2.24) is 24.8 Å². The fraction of sp³-hybridized carbons (Fsp3) is 0.636. The molecule has 1 aromatic rings. The van der Waals surface area contributed by atoms with Gasteiger partial charge >= 0.3 is 0 Å². The van der Waals surface area contributed by atoms with Crippen molar-refractivity contribution < 1.29 is 4.79 Å². The van der Waals surface area contributed by atoms with Crippen molar-refractivity contribution >= 4 is 5.91 Å². The van der Waals surface area contributed by atoms with Crippen LogP contribution in [0.5, 0.6) is 0 Å². The normalized spacial score (nSPS) is 16.6. The van der Waals surface area contributed by atoms with Gasteiger partial charge in [0.15, 0.2) is 0 Å². The van der Waals surface area contributed by atoms with E-state index in [1.54, 1.807) is 13.1 Å². The zero-order chi connectivity index (χ0) is 13.0. The summed E-state index contributed by atoms with van der Waals surface area (Å²) in [7, 11) is 0. The lowest BCUT2D eigenvalue weighted by molar-refractivity contribution is -0.130. The number of carbonyl (C=O) groups excluding carboxylic acids is 1. The summed E-state index contributed by atoms with van der Waals surface area (Å²) in [6.07, 6.45) is 1.79. The molecule has 1 aromatic heterocycles. The first-order chi connectivity index (χ1) is 8.69. The molecule has 0 spiro atoms. The summed E-state index contributed by atoms with van der Waals surface area (Å²) in [6.45, 7) is 5.78. The third-order valence-corrected chi connectivity index (χ3v) is 3.02. The molecule has 1 aliphatic heterocycles. The van der Waals surface area contributed by atoms with Gasteiger partial charge in [0.05, 0.1) is 18.0 Å². The Hall–Kier alpha value is -1.94. The van der Waals surface area contributed by atoms with Crippen LogP contribution in [0.1, 0.15) is 12.6 Å². The molecule has 0 aliphatic carbocycles. The third kappa shape index (κ3) is 3.05. The van der Waals surface area contributed by atoms with Crippen molar-refractivity contribution in [1.29, 1.82) is 5.26 Å². The van der Waals surface area contributed by atoms with E-state index in [0.717, 1.165) is 38.4 Å². The number of carbonyl (C=O) groups is 1. The van der Waals surface area contributed by atoms with Crippen molar-refractivity contribution in [2.24, 2.45) is 0 Å². The van der Waals surface area contributed by atoms with Gasteiger partial charge in [-0.2, -0.15) is 5.26 Å². The van der Waals surface area contributed by atoms with E-state index in [0.29, 0.717) is 0 Å². The molecule has 1 saturated heterocycles. The van der Waals surface area contributed by atoms with Crippen molar-refractivity contribution in [3.05, 3.63) is 11.9 Å². The van der Waals surface area contributed by atoms with Crippen molar-refractivity contribution in [3.63, 3.8) is 0 Å². The predicted octanol–water partition coefficient (Wildman–Crippen LogP) is -0.534. The van der Waals surface area contributed by atoms with E-state index < -0.39 is 0 Å². The van der Waals surface area contributed by atoms with Gasteiger partial charge in [-0.05, 0) is 0 Å². The summed E-state index contributed by atoms with van der Waals surface area (Å²) in [6, 6.07) is 2.02. The quantitative estimate of drug-likeness (QED) is 0.718. The predicted molar refractivity (Wildman–Crippen MR) is 63.2 cm³/mol. The maximum atomic E-state index is 11.2. The highest BCUT2D eigenvalue weighted by atomic mass is 16.2. The molecule has 0 radical (unpaired) electrons. The minimum atomic E-state index is 0.134. The van der Waals surface area contributed by atoms with Gasteiger partial charge in [-0.3, -0.25) is 9.69 Å². The van der Waals surface area contributed by atoms with Crippen LogP contribution in [0.15, 0.2) is 6.20 Å². The van der Waals surface area contributed by atoms with E-state index in [1.165, 1.54) is 4.68 Å². The van der Waals surface area contributed by atoms with E-state index in [1.807, 2.05) is 11.0 Å². The van der Waals surface area contributed by atoms with E-state index in [-0.39, 0.29) is 12.5 Å². The number of nitrogens with zero attached hydrogens (tertiary/aromatic N) is 6. The molecule has 0 saturated carbocycles. The summed E-state index contributed by atoms with van der Waals surface area (Å²) >= 11 is 0. The molecule has 7 nitrogen and oxygen atoms in total. The number of hydrogen-bond donors (Lipinski definition) is 0. The molecule has 2 heterocycles. The Morgan fingerprint density at radius 1 is 1.44 bits per heavy atom. The molecule has 7 heteroatoms. The minimum Gasteiger partial charge on any atom is -0.340 e. The summed E-state index contributed by atoms with van der Waals surface area (Å²) in [5, 5.41) is 16.4. The molecule has 1 aliphatic rings. The standard InChI is InChI=1S/C11H16N6O/c1-10(18)16-6-4-15(5-7-16)8-11-9-17(3-2-12)14-13-11/h9H,3-8H2,1H3. The van der Waals surface area contributed by atoms with Crippen LogP contribution in [0.4, 0.5) is 0 Å². The molecule has 18 heavy (non-hydrogen) atoms. The van der Waals surface area contributed by atoms with Gasteiger partial charge in [-0.1, -0.05) is 5.21 Å². The number of rotatable bonds is 3. The number of nitriles is 1. The van der Waals surface area contributed by atoms with Gasteiger partial charge in [-0.25, -0.2) is 4.68 Å². The number of piperazine rings is 1. The van der Waals surface area contributed by atoms with Crippen LogP contribution in [0, 0.1) is 11.3 Å². The van der Waals surface area contributed by atoms with E-state index in [9.17, 15) is 4.79 Å². The average molecular weight is 248 g/mol. The lowest BCUT2D eigenvalue weighted by Gasteiger charge is -2.33. The minimum absolute atomic E-state index is 0.134. The zero-order valence-corrected chi connectivity index (χ0v) is 10.4. The SMILES string of the molecule is CC(=O)N1CCN(Cc2cn(CC#N)nn2)CC1. The first kappa shape index (κ1) is 12.5. The third-order valence-electron chi connectivity index (χ3n) is 3.02. The Labute approximate surface area is 106 Å². The average Bonchev–Trinajstić information content (AvgIpc) is 2.78. The smallest absolute Gasteiger partial charge is 0.219 e. The van der Waals surface area contributed by atoms with Crippen LogP contribution in [0.3, 0.4) is 0 Å². The van der Waals surface area contributed by atoms with Crippen LogP contribution in [0.2, 0.25) is 0 Å². The first-order valence-electron chi connectivity index (χ1n) is 5.93. The largest absolute Gasteiger partial charge is 0.340 e. The Morgan fingerprint density at radius 3 is 2.78 bits per heavy atom. The molecule has 0 atom stereocenters. The molecule has 1 amide bonds. The van der Waals surface area contributed by atoms with Crippen LogP contribution < -0.4 is 0 Å². The number of amides is 1. The molecular formula is C11H16N6O. The summed E-state index contributed by atoms with van der Waals surface area (Å²) in [5.74, 6) is 0.134. The lowest BCUT2D eigenvalue weighted by atomic mass is 10.3. The van der Waals surface area contributed by atoms with Gasteiger partial charge in [0.2, 0.25) is 5.91 Å². The first-order valence-corrected chi connectivity index (χ1v) is 5.93. The molecule has 0 aromatic carbocycles. The molecule has 0 N–H and O–H groups in total. The monoisotopic (exact) mass is 248 g/mol. The fourth-order valence-electron chi connectivity index (χ4n) is 2.01. The van der Waals surface area contributed by atoms with Gasteiger partial charge in [0.1, 0.15) is 6.54 Å². The molecule has 0 bridgehead atoms. The summed E-state index contributed by atoms with van der Waals surface area (Å²) < 4.78 is 1.53. The second kappa shape index (κ2) is 5.60. The summed E-state index contributed by atoms with van der Waals surface area (Å²) in [5.41, 5.74) is 0.863. The van der Waals surface area contributed by atoms with Gasteiger partial charge in [-0.15, -0.1) is 5.10 Å². The Kier molecular flexibility index (Phi) is 3.89. The van der Waals surface area contributed by atoms with Crippen LogP contribution >= 0.6 is 0 Å². The summed E-state index contributed by atoms with van der Waals surface area (Å²) in [4.78, 5) is 15.3. The van der Waals surface area contributed by atoms with Crippen LogP contribution in [-0.4, -0.2) is 56.9 Å². The Bertz CT molecular complexity index is 454. The molecule has 1 fully saturated rings. The maximum absolute atomic E-state index is 11.2. The molecule has 2 rings (SSSR count). The Morgan fingerprint density at radius 2 is 2.17 bits per heavy atom. The second-order valence-corrected chi connectivity index (χ2v) is 4.35. The van der Waals surface area contributed by atoms with Gasteiger partial charge in [0, 0.05) is 39.6 Å². The zero-order valence-electron chi connectivity index (χ0n) is 10.4. The molecule has 96 valence electrons. The van der Waals surface area contributed by atoms with E-state index in [2.05, 4.69) is 15.2 Å². The highest BCUT2D eigenvalue weighted by molar-refractivity contribution is 5.73. The van der Waals surface area contributed by atoms with Crippen molar-refractivity contribution in [3.8, 4) is 6.07 Å². The van der Waals surface area contributed by atoms with Crippen molar-refractivity contribution in [2.75, 3.05) is 26.2 Å². The maximum Gasteiger partial charge on any atom is 0.219 e. The molecule has 0 unspecified atom stereocenters.